The van der Waals surface area contributed by atoms with Gasteiger partial charge in [-0.2, -0.15) is 0 Å². The summed E-state index contributed by atoms with van der Waals surface area (Å²) in [6.45, 7) is 0.635. The molecule has 1 unspecified atom stereocenters. The number of nitrogens with zero attached hydrogens (tertiary/aromatic N) is 1. The molecule has 188 valence electrons. The minimum Gasteiger partial charge on any atom is -0.387 e. The van der Waals surface area contributed by atoms with Crippen LogP contribution in [0.5, 0.6) is 0 Å². The van der Waals surface area contributed by atoms with Gasteiger partial charge in [-0.15, -0.1) is 11.3 Å². The summed E-state index contributed by atoms with van der Waals surface area (Å²) in [6.07, 6.45) is 12.2. The van der Waals surface area contributed by atoms with Crippen molar-refractivity contribution < 1.29 is 18.3 Å². The highest BCUT2D eigenvalue weighted by Gasteiger charge is 2.53. The number of carbonyl (C=O) groups excluding carboxylic acids is 1. The molecule has 3 fully saturated rings. The fourth-order valence-corrected chi connectivity index (χ4v) is 8.29. The molecule has 2 aromatic rings. The predicted octanol–water partition coefficient (Wildman–Crippen LogP) is 5.60. The van der Waals surface area contributed by atoms with E-state index in [2.05, 4.69) is 4.72 Å². The number of sulfonamides is 1. The molecule has 6 rings (SSSR count). The number of hydrogen-bond donors (Lipinski definition) is 2. The predicted molar refractivity (Wildman–Crippen MR) is 140 cm³/mol. The van der Waals surface area contributed by atoms with Gasteiger partial charge in [0.1, 0.15) is 0 Å². The first-order chi connectivity index (χ1) is 16.7. The van der Waals surface area contributed by atoms with Crippen molar-refractivity contribution in [2.24, 2.45) is 11.3 Å². The lowest BCUT2D eigenvalue weighted by atomic mass is 9.66. The SMILES string of the molecule is CS(=O)(=O)Nc1ccc2c(c1)C1(CCC3(CC3)CC1)CN2C(=O)c1csc(C(O)C2CCCC2)c1. The molecule has 8 heteroatoms. The zero-order valence-electron chi connectivity index (χ0n) is 20.3. The summed E-state index contributed by atoms with van der Waals surface area (Å²) in [7, 11) is -3.38. The van der Waals surface area contributed by atoms with Crippen molar-refractivity contribution in [1.82, 2.24) is 0 Å². The largest absolute Gasteiger partial charge is 0.387 e. The zero-order chi connectivity index (χ0) is 24.4. The minimum atomic E-state index is -3.38. The molecule has 3 aliphatic carbocycles. The molecule has 1 aliphatic heterocycles. The normalized spacial score (nSPS) is 23.5. The first kappa shape index (κ1) is 23.5. The maximum absolute atomic E-state index is 13.8. The van der Waals surface area contributed by atoms with Crippen molar-refractivity contribution in [3.05, 3.63) is 45.6 Å². The van der Waals surface area contributed by atoms with E-state index in [1.165, 1.54) is 49.9 Å². The van der Waals surface area contributed by atoms with E-state index >= 15 is 0 Å². The van der Waals surface area contributed by atoms with E-state index in [9.17, 15) is 18.3 Å². The molecule has 4 aliphatic rings. The monoisotopic (exact) mass is 514 g/mol. The second kappa shape index (κ2) is 8.32. The number of thiophene rings is 1. The maximum Gasteiger partial charge on any atom is 0.259 e. The molecule has 6 nitrogen and oxygen atoms in total. The van der Waals surface area contributed by atoms with Gasteiger partial charge in [-0.3, -0.25) is 9.52 Å². The molecule has 1 atom stereocenters. The number of aliphatic hydroxyl groups is 1. The van der Waals surface area contributed by atoms with Gasteiger partial charge >= 0.3 is 0 Å². The molecular weight excluding hydrogens is 480 g/mol. The minimum absolute atomic E-state index is 0.0280. The number of nitrogens with one attached hydrogen (secondary N) is 1. The van der Waals surface area contributed by atoms with Gasteiger partial charge in [-0.05, 0) is 92.5 Å². The van der Waals surface area contributed by atoms with Gasteiger partial charge in [0.15, 0.2) is 0 Å². The van der Waals surface area contributed by atoms with Gasteiger partial charge in [-0.1, -0.05) is 12.8 Å². The third-order valence-corrected chi connectivity index (χ3v) is 10.7. The lowest BCUT2D eigenvalue weighted by Crippen LogP contribution is -2.39. The van der Waals surface area contributed by atoms with Crippen LogP contribution >= 0.6 is 11.3 Å². The van der Waals surface area contributed by atoms with E-state index in [1.54, 1.807) is 6.07 Å². The van der Waals surface area contributed by atoms with Crippen LogP contribution in [-0.2, 0) is 15.4 Å². The number of rotatable bonds is 5. The molecule has 0 radical (unpaired) electrons. The number of fused-ring (bicyclic) bond motifs is 2. The highest BCUT2D eigenvalue weighted by Crippen LogP contribution is 2.62. The van der Waals surface area contributed by atoms with Crippen LogP contribution in [-0.4, -0.2) is 32.2 Å². The van der Waals surface area contributed by atoms with Crippen molar-refractivity contribution in [1.29, 1.82) is 0 Å². The van der Waals surface area contributed by atoms with E-state index in [0.717, 1.165) is 48.1 Å². The fraction of sp³-hybridized carbons (Fsp3) is 0.593. The van der Waals surface area contributed by atoms with Crippen LogP contribution in [0.1, 0.15) is 91.1 Å². The lowest BCUT2D eigenvalue weighted by molar-refractivity contribution is 0.0979. The first-order valence-corrected chi connectivity index (χ1v) is 15.6. The summed E-state index contributed by atoms with van der Waals surface area (Å²) < 4.78 is 26.4. The van der Waals surface area contributed by atoms with Crippen LogP contribution in [0.25, 0.3) is 0 Å². The van der Waals surface area contributed by atoms with Crippen molar-refractivity contribution in [2.75, 3.05) is 22.4 Å². The summed E-state index contributed by atoms with van der Waals surface area (Å²) in [5, 5.41) is 12.7. The van der Waals surface area contributed by atoms with Crippen LogP contribution in [0.15, 0.2) is 29.6 Å². The molecule has 0 bridgehead atoms. The van der Waals surface area contributed by atoms with E-state index in [0.29, 0.717) is 29.1 Å². The van der Waals surface area contributed by atoms with Gasteiger partial charge in [0, 0.05) is 33.6 Å². The lowest BCUT2D eigenvalue weighted by Gasteiger charge is -2.38. The number of hydrogen-bond acceptors (Lipinski definition) is 5. The summed E-state index contributed by atoms with van der Waals surface area (Å²) in [5.74, 6) is 0.268. The molecule has 1 aromatic heterocycles. The van der Waals surface area contributed by atoms with Gasteiger partial charge in [0.2, 0.25) is 10.0 Å². The van der Waals surface area contributed by atoms with Gasteiger partial charge in [0.05, 0.1) is 17.9 Å². The molecule has 2 heterocycles. The average molecular weight is 515 g/mol. The number of aliphatic hydroxyl groups excluding tert-OH is 1. The Morgan fingerprint density at radius 1 is 1.11 bits per heavy atom. The quantitative estimate of drug-likeness (QED) is 0.544. The molecule has 2 N–H and O–H groups in total. The molecule has 3 saturated carbocycles. The third kappa shape index (κ3) is 4.31. The van der Waals surface area contributed by atoms with Crippen molar-refractivity contribution >= 4 is 38.6 Å². The van der Waals surface area contributed by atoms with Gasteiger partial charge < -0.3 is 10.0 Å². The number of anilines is 2. The second-order valence-corrected chi connectivity index (χ2v) is 14.2. The maximum atomic E-state index is 13.8. The van der Waals surface area contributed by atoms with Crippen LogP contribution < -0.4 is 9.62 Å². The Balaban J connectivity index is 1.31. The first-order valence-electron chi connectivity index (χ1n) is 12.9. The van der Waals surface area contributed by atoms with E-state index in [1.807, 2.05) is 28.5 Å². The average Bonchev–Trinajstić information content (AvgIpc) is 3.23. The number of benzene rings is 1. The standard InChI is InChI=1S/C27H34N2O4S2/c1-35(32,33)28-20-6-7-22-21(15-20)27(12-10-26(8-9-26)11-13-27)17-29(22)25(31)19-14-23(34-16-19)24(30)18-4-2-3-5-18/h6-7,14-16,18,24,28,30H,2-5,8-13,17H2,1H3. The second-order valence-electron chi connectivity index (χ2n) is 11.5. The van der Waals surface area contributed by atoms with Gasteiger partial charge in [-0.25, -0.2) is 8.42 Å². The summed E-state index contributed by atoms with van der Waals surface area (Å²) in [6, 6.07) is 7.50. The van der Waals surface area contributed by atoms with E-state index in [-0.39, 0.29) is 11.3 Å². The van der Waals surface area contributed by atoms with Crippen molar-refractivity contribution in [2.45, 2.75) is 75.7 Å². The van der Waals surface area contributed by atoms with Crippen molar-refractivity contribution in [3.8, 4) is 0 Å². The Kier molecular flexibility index (Phi) is 5.58. The molecule has 0 saturated heterocycles. The van der Waals surface area contributed by atoms with Crippen LogP contribution in [0.4, 0.5) is 11.4 Å². The van der Waals surface area contributed by atoms with Crippen LogP contribution in [0.2, 0.25) is 0 Å². The Morgan fingerprint density at radius 2 is 1.80 bits per heavy atom. The Bertz CT molecular complexity index is 1250. The molecule has 1 aromatic carbocycles. The topological polar surface area (TPSA) is 86.7 Å². The third-order valence-electron chi connectivity index (χ3n) is 9.10. The summed E-state index contributed by atoms with van der Waals surface area (Å²) >= 11 is 1.48. The molecule has 2 spiro atoms. The highest BCUT2D eigenvalue weighted by atomic mass is 32.2. The Hall–Kier alpha value is -1.90. The smallest absolute Gasteiger partial charge is 0.259 e. The summed E-state index contributed by atoms with van der Waals surface area (Å²) in [5.41, 5.74) is 3.57. The van der Waals surface area contributed by atoms with E-state index < -0.39 is 16.1 Å². The van der Waals surface area contributed by atoms with Gasteiger partial charge in [0.25, 0.3) is 5.91 Å². The molecule has 35 heavy (non-hydrogen) atoms. The Morgan fingerprint density at radius 3 is 2.46 bits per heavy atom. The van der Waals surface area contributed by atoms with Crippen molar-refractivity contribution in [3.63, 3.8) is 0 Å². The zero-order valence-corrected chi connectivity index (χ0v) is 21.9. The number of amides is 1. The van der Waals surface area contributed by atoms with E-state index in [4.69, 9.17) is 0 Å². The fourth-order valence-electron chi connectivity index (χ4n) is 6.77. The molecular formula is C27H34N2O4S2. The Labute approximate surface area is 211 Å². The summed E-state index contributed by atoms with van der Waals surface area (Å²) in [4.78, 5) is 16.6. The highest BCUT2D eigenvalue weighted by molar-refractivity contribution is 7.92. The van der Waals surface area contributed by atoms with Crippen LogP contribution in [0.3, 0.4) is 0 Å². The molecule has 1 amide bonds. The number of carbonyl (C=O) groups is 1. The van der Waals surface area contributed by atoms with Crippen LogP contribution in [0, 0.1) is 11.3 Å².